The first-order valence-electron chi connectivity index (χ1n) is 5.10. The second-order valence-electron chi connectivity index (χ2n) is 3.44. The largest absolute Gasteiger partial charge is 0.383 e. The highest BCUT2D eigenvalue weighted by molar-refractivity contribution is 6.32. The van der Waals surface area contributed by atoms with Crippen LogP contribution in [0.15, 0.2) is 0 Å². The quantitative estimate of drug-likeness (QED) is 0.809. The molecule has 0 saturated carbocycles. The van der Waals surface area contributed by atoms with Crippen LogP contribution in [0.4, 0.5) is 5.82 Å². The summed E-state index contributed by atoms with van der Waals surface area (Å²) in [5.41, 5.74) is 0. The van der Waals surface area contributed by atoms with E-state index in [4.69, 9.17) is 27.9 Å². The summed E-state index contributed by atoms with van der Waals surface area (Å²) in [6, 6.07) is 0. The molecule has 0 aromatic carbocycles. The molecule has 0 radical (unpaired) electrons. The normalized spacial score (nSPS) is 10.9. The van der Waals surface area contributed by atoms with Crippen molar-refractivity contribution in [3.8, 4) is 0 Å². The van der Waals surface area contributed by atoms with Crippen molar-refractivity contribution in [2.24, 2.45) is 0 Å². The predicted octanol–water partition coefficient (Wildman–Crippen LogP) is 1.17. The van der Waals surface area contributed by atoms with Gasteiger partial charge in [0.1, 0.15) is 0 Å². The lowest BCUT2D eigenvalue weighted by Gasteiger charge is -2.16. The topological polar surface area (TPSA) is 63.2 Å². The van der Waals surface area contributed by atoms with Gasteiger partial charge in [-0.05, 0) is 18.6 Å². The van der Waals surface area contributed by atoms with Crippen molar-refractivity contribution < 1.29 is 4.74 Å². The van der Waals surface area contributed by atoms with Crippen LogP contribution in [0.5, 0.6) is 0 Å². The van der Waals surface area contributed by atoms with E-state index in [1.807, 2.05) is 7.05 Å². The Morgan fingerprint density at radius 1 is 1.29 bits per heavy atom. The molecule has 17 heavy (non-hydrogen) atoms. The van der Waals surface area contributed by atoms with Gasteiger partial charge >= 0.3 is 0 Å². The van der Waals surface area contributed by atoms with Crippen LogP contribution in [-0.4, -0.2) is 60.5 Å². The Morgan fingerprint density at radius 2 is 2.06 bits per heavy atom. The Labute approximate surface area is 110 Å². The average Bonchev–Trinajstić information content (AvgIpc) is 2.31. The fraction of sp³-hybridized carbons (Fsp3) is 0.667. The second-order valence-corrected chi connectivity index (χ2v) is 4.14. The predicted molar refractivity (Wildman–Crippen MR) is 67.7 cm³/mol. The lowest BCUT2D eigenvalue weighted by atomic mass is 10.5. The van der Waals surface area contributed by atoms with E-state index in [2.05, 4.69) is 25.4 Å². The number of anilines is 1. The van der Waals surface area contributed by atoms with E-state index in [9.17, 15) is 0 Å². The molecule has 1 N–H and O–H groups in total. The molecule has 8 heteroatoms. The van der Waals surface area contributed by atoms with Gasteiger partial charge in [0.15, 0.2) is 11.0 Å². The molecule has 1 aromatic heterocycles. The third-order valence-corrected chi connectivity index (χ3v) is 2.50. The molecule has 0 spiro atoms. The SMILES string of the molecule is COCCN(C)CCNc1nc(Cl)nnc1Cl. The van der Waals surface area contributed by atoms with Crippen LogP contribution in [0.3, 0.4) is 0 Å². The second kappa shape index (κ2) is 7.60. The number of nitrogens with zero attached hydrogens (tertiary/aromatic N) is 4. The van der Waals surface area contributed by atoms with E-state index in [0.29, 0.717) is 19.0 Å². The van der Waals surface area contributed by atoms with Gasteiger partial charge < -0.3 is 15.0 Å². The van der Waals surface area contributed by atoms with E-state index in [1.165, 1.54) is 0 Å². The fourth-order valence-corrected chi connectivity index (χ4v) is 1.40. The summed E-state index contributed by atoms with van der Waals surface area (Å²) >= 11 is 11.4. The maximum atomic E-state index is 5.80. The number of hydrogen-bond acceptors (Lipinski definition) is 6. The van der Waals surface area contributed by atoms with E-state index in [1.54, 1.807) is 7.11 Å². The molecule has 96 valence electrons. The van der Waals surface area contributed by atoms with Gasteiger partial charge in [-0.1, -0.05) is 11.6 Å². The molecule has 6 nitrogen and oxygen atoms in total. The molecule has 0 aliphatic heterocycles. The molecule has 0 saturated heterocycles. The Kier molecular flexibility index (Phi) is 6.43. The zero-order valence-corrected chi connectivity index (χ0v) is 11.3. The third-order valence-electron chi connectivity index (χ3n) is 2.08. The molecular formula is C9H15Cl2N5O. The Bertz CT molecular complexity index is 352. The van der Waals surface area contributed by atoms with Gasteiger partial charge in [-0.2, -0.15) is 4.98 Å². The van der Waals surface area contributed by atoms with Gasteiger partial charge in [0.25, 0.3) is 0 Å². The van der Waals surface area contributed by atoms with Crippen molar-refractivity contribution in [2.45, 2.75) is 0 Å². The zero-order valence-electron chi connectivity index (χ0n) is 9.78. The first-order chi connectivity index (χ1) is 8.13. The number of aromatic nitrogens is 3. The molecule has 0 amide bonds. The molecular weight excluding hydrogens is 265 g/mol. The first-order valence-corrected chi connectivity index (χ1v) is 5.86. The van der Waals surface area contributed by atoms with Gasteiger partial charge in [-0.25, -0.2) is 0 Å². The number of likely N-dealkylation sites (N-methyl/N-ethyl adjacent to an activating group) is 1. The number of methoxy groups -OCH3 is 1. The number of rotatable bonds is 7. The van der Waals surface area contributed by atoms with Crippen LogP contribution >= 0.6 is 23.2 Å². The van der Waals surface area contributed by atoms with Crippen LogP contribution in [0.1, 0.15) is 0 Å². The summed E-state index contributed by atoms with van der Waals surface area (Å²) in [7, 11) is 3.69. The maximum absolute atomic E-state index is 5.80. The standard InChI is InChI=1S/C9H15Cl2N5O/c1-16(5-6-17-2)4-3-12-8-7(10)14-15-9(11)13-8/h3-6H2,1-2H3,(H,12,13,15). The number of ether oxygens (including phenoxy) is 1. The van der Waals surface area contributed by atoms with Gasteiger partial charge in [-0.3, -0.25) is 0 Å². The highest BCUT2D eigenvalue weighted by Gasteiger charge is 2.05. The highest BCUT2D eigenvalue weighted by Crippen LogP contribution is 2.15. The molecule has 1 heterocycles. The number of halogens is 2. The van der Waals surface area contributed by atoms with Crippen LogP contribution in [0, 0.1) is 0 Å². The lowest BCUT2D eigenvalue weighted by Crippen LogP contribution is -2.28. The van der Waals surface area contributed by atoms with Crippen molar-refractivity contribution in [1.82, 2.24) is 20.1 Å². The van der Waals surface area contributed by atoms with Crippen LogP contribution in [-0.2, 0) is 4.74 Å². The van der Waals surface area contributed by atoms with Crippen molar-refractivity contribution in [3.05, 3.63) is 10.4 Å². The van der Waals surface area contributed by atoms with Crippen LogP contribution in [0.2, 0.25) is 10.4 Å². The van der Waals surface area contributed by atoms with Crippen molar-refractivity contribution in [3.63, 3.8) is 0 Å². The van der Waals surface area contributed by atoms with Gasteiger partial charge in [0, 0.05) is 26.7 Å². The van der Waals surface area contributed by atoms with E-state index in [0.717, 1.165) is 13.1 Å². The molecule has 0 atom stereocenters. The average molecular weight is 280 g/mol. The van der Waals surface area contributed by atoms with Crippen molar-refractivity contribution in [1.29, 1.82) is 0 Å². The summed E-state index contributed by atoms with van der Waals surface area (Å²) in [4.78, 5) is 6.06. The fourth-order valence-electron chi connectivity index (χ4n) is 1.13. The molecule has 1 rings (SSSR count). The molecule has 0 unspecified atom stereocenters. The Balaban J connectivity index is 2.32. The number of nitrogens with one attached hydrogen (secondary N) is 1. The smallest absolute Gasteiger partial charge is 0.245 e. The van der Waals surface area contributed by atoms with Crippen LogP contribution in [0.25, 0.3) is 0 Å². The van der Waals surface area contributed by atoms with Gasteiger partial charge in [0.05, 0.1) is 6.61 Å². The Morgan fingerprint density at radius 3 is 2.76 bits per heavy atom. The van der Waals surface area contributed by atoms with Crippen molar-refractivity contribution >= 4 is 29.0 Å². The summed E-state index contributed by atoms with van der Waals surface area (Å²) < 4.78 is 4.98. The van der Waals surface area contributed by atoms with E-state index >= 15 is 0 Å². The minimum atomic E-state index is 0.0737. The van der Waals surface area contributed by atoms with E-state index < -0.39 is 0 Å². The summed E-state index contributed by atoms with van der Waals surface area (Å²) in [6.45, 7) is 3.10. The zero-order chi connectivity index (χ0) is 12.7. The molecule has 1 aromatic rings. The summed E-state index contributed by atoms with van der Waals surface area (Å²) in [6.07, 6.45) is 0. The molecule has 0 fully saturated rings. The first kappa shape index (κ1) is 14.4. The molecule has 0 aliphatic carbocycles. The van der Waals surface area contributed by atoms with Gasteiger partial charge in [-0.15, -0.1) is 10.2 Å². The number of hydrogen-bond donors (Lipinski definition) is 1. The third kappa shape index (κ3) is 5.45. The minimum Gasteiger partial charge on any atom is -0.383 e. The molecule has 0 aliphatic rings. The Hall–Kier alpha value is -0.690. The minimum absolute atomic E-state index is 0.0737. The maximum Gasteiger partial charge on any atom is 0.245 e. The van der Waals surface area contributed by atoms with Crippen LogP contribution < -0.4 is 5.32 Å². The highest BCUT2D eigenvalue weighted by atomic mass is 35.5. The van der Waals surface area contributed by atoms with Gasteiger partial charge in [0.2, 0.25) is 5.28 Å². The summed E-state index contributed by atoms with van der Waals surface area (Å²) in [5.74, 6) is 0.451. The monoisotopic (exact) mass is 279 g/mol. The summed E-state index contributed by atoms with van der Waals surface area (Å²) in [5, 5.41) is 10.5. The van der Waals surface area contributed by atoms with E-state index in [-0.39, 0.29) is 10.4 Å². The molecule has 0 bridgehead atoms. The lowest BCUT2D eigenvalue weighted by molar-refractivity contribution is 0.163. The van der Waals surface area contributed by atoms with Crippen molar-refractivity contribution in [2.75, 3.05) is 45.7 Å².